The first-order valence-electron chi connectivity index (χ1n) is 6.74. The molecule has 21 heavy (non-hydrogen) atoms. The van der Waals surface area contributed by atoms with Gasteiger partial charge >= 0.3 is 0 Å². The van der Waals surface area contributed by atoms with Gasteiger partial charge in [0, 0.05) is 11.6 Å². The average molecular weight is 293 g/mol. The lowest BCUT2D eigenvalue weighted by molar-refractivity contribution is -0.124. The number of nitrogens with two attached hydrogens (primary N) is 1. The first-order valence-corrected chi connectivity index (χ1v) is 6.74. The number of oxime groups is 1. The Bertz CT molecular complexity index is 504. The summed E-state index contributed by atoms with van der Waals surface area (Å²) in [4.78, 5) is 11.8. The molecule has 1 aromatic rings. The molecular weight excluding hydrogens is 270 g/mol. The van der Waals surface area contributed by atoms with Crippen LogP contribution in [0.1, 0.15) is 33.3 Å². The summed E-state index contributed by atoms with van der Waals surface area (Å²) in [5, 5.41) is 14.4. The molecule has 1 rings (SSSR count). The van der Waals surface area contributed by atoms with E-state index < -0.39 is 0 Å². The number of benzene rings is 1. The minimum absolute atomic E-state index is 0.00152. The van der Waals surface area contributed by atoms with Crippen LogP contribution in [0.2, 0.25) is 0 Å². The molecular formula is C15H23N3O3. The van der Waals surface area contributed by atoms with Gasteiger partial charge in [0.1, 0.15) is 5.75 Å². The summed E-state index contributed by atoms with van der Waals surface area (Å²) in [5.41, 5.74) is 6.03. The van der Waals surface area contributed by atoms with Gasteiger partial charge in [-0.05, 0) is 36.6 Å². The number of nitrogens with one attached hydrogen (secondary N) is 1. The van der Waals surface area contributed by atoms with E-state index in [0.29, 0.717) is 11.3 Å². The van der Waals surface area contributed by atoms with Crippen LogP contribution in [0.3, 0.4) is 0 Å². The van der Waals surface area contributed by atoms with Crippen molar-refractivity contribution >= 4 is 11.7 Å². The highest BCUT2D eigenvalue weighted by molar-refractivity contribution is 5.97. The Morgan fingerprint density at radius 3 is 2.43 bits per heavy atom. The van der Waals surface area contributed by atoms with Crippen molar-refractivity contribution in [3.8, 4) is 5.75 Å². The van der Waals surface area contributed by atoms with Crippen LogP contribution in [-0.2, 0) is 4.79 Å². The fourth-order valence-electron chi connectivity index (χ4n) is 1.43. The lowest BCUT2D eigenvalue weighted by Crippen LogP contribution is -2.43. The molecule has 0 saturated carbocycles. The van der Waals surface area contributed by atoms with E-state index >= 15 is 0 Å². The van der Waals surface area contributed by atoms with E-state index in [-0.39, 0.29) is 29.8 Å². The molecule has 1 aromatic carbocycles. The van der Waals surface area contributed by atoms with Crippen molar-refractivity contribution in [1.82, 2.24) is 5.32 Å². The van der Waals surface area contributed by atoms with Gasteiger partial charge in [-0.1, -0.05) is 25.9 Å². The van der Waals surface area contributed by atoms with Crippen LogP contribution >= 0.6 is 0 Å². The summed E-state index contributed by atoms with van der Waals surface area (Å²) in [6.45, 7) is 8.09. The fraction of sp³-hybridized carbons (Fsp3) is 0.467. The molecule has 0 heterocycles. The molecule has 0 radical (unpaired) electrons. The van der Waals surface area contributed by atoms with Crippen molar-refractivity contribution in [1.29, 1.82) is 0 Å². The largest absolute Gasteiger partial charge is 0.484 e. The van der Waals surface area contributed by atoms with Gasteiger partial charge < -0.3 is 21.0 Å². The summed E-state index contributed by atoms with van der Waals surface area (Å²) in [6.07, 6.45) is 0. The van der Waals surface area contributed by atoms with Crippen LogP contribution in [0.25, 0.3) is 0 Å². The smallest absolute Gasteiger partial charge is 0.258 e. The third kappa shape index (κ3) is 5.33. The topological polar surface area (TPSA) is 96.9 Å². The first-order chi connectivity index (χ1) is 9.74. The first kappa shape index (κ1) is 16.8. The molecule has 1 unspecified atom stereocenters. The van der Waals surface area contributed by atoms with Crippen LogP contribution in [0.15, 0.2) is 29.4 Å². The Morgan fingerprint density at radius 1 is 1.38 bits per heavy atom. The zero-order valence-corrected chi connectivity index (χ0v) is 12.9. The molecule has 0 aliphatic heterocycles. The second-order valence-electron chi connectivity index (χ2n) is 5.95. The maximum atomic E-state index is 11.8. The number of carbonyl (C=O) groups is 1. The SMILES string of the molecule is CC(NC(=O)COc1ccc(/C(N)=N/O)cc1)C(C)(C)C. The van der Waals surface area contributed by atoms with Crippen molar-refractivity contribution < 1.29 is 14.7 Å². The van der Waals surface area contributed by atoms with Gasteiger partial charge in [-0.3, -0.25) is 4.79 Å². The van der Waals surface area contributed by atoms with Crippen LogP contribution in [0, 0.1) is 5.41 Å². The quantitative estimate of drug-likeness (QED) is 0.333. The molecule has 4 N–H and O–H groups in total. The van der Waals surface area contributed by atoms with E-state index in [9.17, 15) is 4.79 Å². The summed E-state index contributed by atoms with van der Waals surface area (Å²) < 4.78 is 5.39. The number of carbonyl (C=O) groups excluding carboxylic acids is 1. The third-order valence-electron chi connectivity index (χ3n) is 3.30. The van der Waals surface area contributed by atoms with Gasteiger partial charge in [0.15, 0.2) is 12.4 Å². The minimum Gasteiger partial charge on any atom is -0.484 e. The number of ether oxygens (including phenoxy) is 1. The van der Waals surface area contributed by atoms with Crippen molar-refractivity contribution in [2.24, 2.45) is 16.3 Å². The van der Waals surface area contributed by atoms with Crippen LogP contribution < -0.4 is 15.8 Å². The lowest BCUT2D eigenvalue weighted by Gasteiger charge is -2.28. The predicted octanol–water partition coefficient (Wildman–Crippen LogP) is 1.71. The molecule has 1 atom stereocenters. The molecule has 1 amide bonds. The Hall–Kier alpha value is -2.24. The van der Waals surface area contributed by atoms with Crippen molar-refractivity contribution in [2.75, 3.05) is 6.61 Å². The second kappa shape index (κ2) is 6.97. The van der Waals surface area contributed by atoms with Crippen LogP contribution in [-0.4, -0.2) is 29.6 Å². The molecule has 116 valence electrons. The molecule has 0 spiro atoms. The molecule has 0 aliphatic carbocycles. The summed E-state index contributed by atoms with van der Waals surface area (Å²) >= 11 is 0. The van der Waals surface area contributed by atoms with Crippen molar-refractivity contribution in [2.45, 2.75) is 33.7 Å². The summed E-state index contributed by atoms with van der Waals surface area (Å²) in [6, 6.07) is 6.68. The molecule has 0 aromatic heterocycles. The molecule has 0 fully saturated rings. The Balaban J connectivity index is 2.50. The normalized spacial score (nSPS) is 13.6. The van der Waals surface area contributed by atoms with Gasteiger partial charge in [0.05, 0.1) is 0 Å². The van der Waals surface area contributed by atoms with Crippen molar-refractivity contribution in [3.05, 3.63) is 29.8 Å². The van der Waals surface area contributed by atoms with E-state index in [1.54, 1.807) is 24.3 Å². The van der Waals surface area contributed by atoms with E-state index in [1.807, 2.05) is 6.92 Å². The fourth-order valence-corrected chi connectivity index (χ4v) is 1.43. The number of hydrogen-bond acceptors (Lipinski definition) is 4. The highest BCUT2D eigenvalue weighted by atomic mass is 16.5. The second-order valence-corrected chi connectivity index (χ2v) is 5.95. The molecule has 0 aliphatic rings. The summed E-state index contributed by atoms with van der Waals surface area (Å²) in [5.74, 6) is 0.402. The van der Waals surface area contributed by atoms with Gasteiger partial charge in [-0.2, -0.15) is 0 Å². The highest BCUT2D eigenvalue weighted by Gasteiger charge is 2.21. The minimum atomic E-state index is -0.169. The lowest BCUT2D eigenvalue weighted by atomic mass is 9.88. The zero-order valence-electron chi connectivity index (χ0n) is 12.9. The van der Waals surface area contributed by atoms with Gasteiger partial charge in [0.2, 0.25) is 0 Å². The third-order valence-corrected chi connectivity index (χ3v) is 3.30. The van der Waals surface area contributed by atoms with Crippen LogP contribution in [0.5, 0.6) is 5.75 Å². The number of hydrogen-bond donors (Lipinski definition) is 3. The van der Waals surface area contributed by atoms with E-state index in [4.69, 9.17) is 15.7 Å². The number of rotatable bonds is 5. The van der Waals surface area contributed by atoms with Gasteiger partial charge in [-0.15, -0.1) is 0 Å². The maximum absolute atomic E-state index is 11.8. The standard InChI is InChI=1S/C15H23N3O3/c1-10(15(2,3)4)17-13(19)9-21-12-7-5-11(6-8-12)14(16)18-20/h5-8,10,20H,9H2,1-4H3,(H2,16,18)(H,17,19). The predicted molar refractivity (Wildman–Crippen MR) is 81.5 cm³/mol. The number of amidine groups is 1. The van der Waals surface area contributed by atoms with E-state index in [1.165, 1.54) is 0 Å². The molecule has 6 heteroatoms. The van der Waals surface area contributed by atoms with E-state index in [0.717, 1.165) is 0 Å². The van der Waals surface area contributed by atoms with Gasteiger partial charge in [0.25, 0.3) is 5.91 Å². The van der Waals surface area contributed by atoms with Crippen molar-refractivity contribution in [3.63, 3.8) is 0 Å². The highest BCUT2D eigenvalue weighted by Crippen LogP contribution is 2.18. The zero-order chi connectivity index (χ0) is 16.0. The molecule has 0 bridgehead atoms. The van der Waals surface area contributed by atoms with Gasteiger partial charge in [-0.25, -0.2) is 0 Å². The van der Waals surface area contributed by atoms with Crippen LogP contribution in [0.4, 0.5) is 0 Å². The summed E-state index contributed by atoms with van der Waals surface area (Å²) in [7, 11) is 0. The monoisotopic (exact) mass is 293 g/mol. The Morgan fingerprint density at radius 2 is 1.95 bits per heavy atom. The Kier molecular flexibility index (Phi) is 5.58. The average Bonchev–Trinajstić information content (AvgIpc) is 2.43. The maximum Gasteiger partial charge on any atom is 0.258 e. The molecule has 6 nitrogen and oxygen atoms in total. The Labute approximate surface area is 125 Å². The number of amides is 1. The van der Waals surface area contributed by atoms with E-state index in [2.05, 4.69) is 31.2 Å². The number of nitrogens with zero attached hydrogens (tertiary/aromatic N) is 1. The molecule has 0 saturated heterocycles.